The van der Waals surface area contributed by atoms with Crippen molar-refractivity contribution in [3.63, 3.8) is 0 Å². The number of benzene rings is 2. The monoisotopic (exact) mass is 649 g/mol. The number of fused-ring (bicyclic) bond motifs is 1. The molecule has 4 rings (SSSR count). The molecule has 0 spiro atoms. The predicted molar refractivity (Wildman–Crippen MR) is 179 cm³/mol. The molecule has 0 fully saturated rings. The third-order valence-corrected chi connectivity index (χ3v) is 8.40. The number of aromatic nitrogens is 1. The number of aliphatic hydroxyl groups is 1. The van der Waals surface area contributed by atoms with Gasteiger partial charge in [-0.1, -0.05) is 30.3 Å². The molecule has 1 aromatic heterocycles. The number of rotatable bonds is 7. The molecule has 3 aromatic rings. The van der Waals surface area contributed by atoms with E-state index >= 15 is 0 Å². The molecule has 2 heterocycles. The summed E-state index contributed by atoms with van der Waals surface area (Å²) in [5.41, 5.74) is 2.24. The normalized spacial score (nSPS) is 19.9. The summed E-state index contributed by atoms with van der Waals surface area (Å²) in [6.45, 7) is 9.95. The lowest BCUT2D eigenvalue weighted by Crippen LogP contribution is -2.48. The van der Waals surface area contributed by atoms with Gasteiger partial charge in [-0.15, -0.1) is 0 Å². The highest BCUT2D eigenvalue weighted by molar-refractivity contribution is 6.03. The highest BCUT2D eigenvalue weighted by Crippen LogP contribution is 2.29. The zero-order valence-electron chi connectivity index (χ0n) is 28.1. The number of likely N-dealkylation sites (N-methyl/N-ethyl adjacent to an activating group) is 1. The minimum absolute atomic E-state index is 0.115. The summed E-state index contributed by atoms with van der Waals surface area (Å²) in [7, 11) is 1.75. The van der Waals surface area contributed by atoms with Gasteiger partial charge < -0.3 is 39.5 Å². The first-order valence-electron chi connectivity index (χ1n) is 16.1. The smallest absolute Gasteiger partial charge is 0.323 e. The summed E-state index contributed by atoms with van der Waals surface area (Å²) in [5, 5.41) is 19.6. The van der Waals surface area contributed by atoms with Gasteiger partial charge in [-0.3, -0.25) is 9.59 Å². The summed E-state index contributed by atoms with van der Waals surface area (Å²) < 4.78 is 17.8. The van der Waals surface area contributed by atoms with E-state index in [0.29, 0.717) is 47.3 Å². The van der Waals surface area contributed by atoms with Crippen molar-refractivity contribution in [1.29, 1.82) is 0 Å². The Kier molecular flexibility index (Phi) is 12.4. The number of hydrogen-bond donors (Lipinski definition) is 3. The molecule has 12 heteroatoms. The zero-order valence-corrected chi connectivity index (χ0v) is 28.1. The first-order chi connectivity index (χ1) is 22.5. The first kappa shape index (κ1) is 35.4. The average Bonchev–Trinajstić information content (AvgIpc) is 3.37. The van der Waals surface area contributed by atoms with Crippen LogP contribution in [0.1, 0.15) is 72.2 Å². The number of nitrogens with one attached hydrogen (secondary N) is 2. The molecule has 0 bridgehead atoms. The van der Waals surface area contributed by atoms with Crippen LogP contribution in [-0.2, 0) is 4.74 Å². The van der Waals surface area contributed by atoms with Crippen LogP contribution >= 0.6 is 0 Å². The average molecular weight is 650 g/mol. The molecule has 4 amide bonds. The summed E-state index contributed by atoms with van der Waals surface area (Å²) >= 11 is 0. The lowest BCUT2D eigenvalue weighted by atomic mass is 10.0. The minimum atomic E-state index is -0.535. The molecule has 0 aliphatic carbocycles. The molecule has 1 aliphatic rings. The fourth-order valence-electron chi connectivity index (χ4n) is 5.55. The topological polar surface area (TPSA) is 146 Å². The molecule has 12 nitrogen and oxygen atoms in total. The van der Waals surface area contributed by atoms with Crippen LogP contribution in [0.25, 0.3) is 0 Å². The number of aryl methyl sites for hydroxylation is 2. The van der Waals surface area contributed by atoms with Gasteiger partial charge in [-0.25, -0.2) is 4.79 Å². The third kappa shape index (κ3) is 9.32. The van der Waals surface area contributed by atoms with Gasteiger partial charge in [0.05, 0.1) is 30.4 Å². The standard InChI is InChI=1S/C35H47N5O7/c1-22-19-40(23(2)21-41)34(43)29-18-28(36-35(44)37-32-25(4)38-47-26(32)5)15-16-30(29)46-24(3)12-10-11-17-45-31(22)20-39(6)33(42)27-13-8-7-9-14-27/h7-9,13-16,18,22-24,31,41H,10-12,17,19-21H2,1-6H3,(H2,36,37,44)/t22-,23+,24+,31-/m0/s1. The van der Waals surface area contributed by atoms with Gasteiger partial charge >= 0.3 is 6.03 Å². The molecule has 0 saturated carbocycles. The van der Waals surface area contributed by atoms with Gasteiger partial charge in [0.25, 0.3) is 11.8 Å². The van der Waals surface area contributed by atoms with Crippen molar-refractivity contribution in [2.24, 2.45) is 5.92 Å². The van der Waals surface area contributed by atoms with Crippen LogP contribution in [0.4, 0.5) is 16.2 Å². The maximum atomic E-state index is 14.3. The number of carbonyl (C=O) groups excluding carboxylic acids is 3. The molecule has 4 atom stereocenters. The number of hydrogen-bond acceptors (Lipinski definition) is 8. The number of aliphatic hydroxyl groups excluding tert-OH is 1. The van der Waals surface area contributed by atoms with E-state index in [-0.39, 0.29) is 48.7 Å². The lowest BCUT2D eigenvalue weighted by molar-refractivity contribution is -0.0149. The van der Waals surface area contributed by atoms with E-state index in [4.69, 9.17) is 14.0 Å². The first-order valence-corrected chi connectivity index (χ1v) is 16.1. The zero-order chi connectivity index (χ0) is 34.1. The molecule has 0 unspecified atom stereocenters. The predicted octanol–water partition coefficient (Wildman–Crippen LogP) is 5.50. The summed E-state index contributed by atoms with van der Waals surface area (Å²) in [5.74, 6) is 0.183. The Morgan fingerprint density at radius 2 is 1.85 bits per heavy atom. The van der Waals surface area contributed by atoms with Crippen molar-refractivity contribution in [2.45, 2.75) is 72.1 Å². The molecule has 2 aromatic carbocycles. The van der Waals surface area contributed by atoms with Gasteiger partial charge in [0.15, 0.2) is 5.76 Å². The second-order valence-electron chi connectivity index (χ2n) is 12.3. The van der Waals surface area contributed by atoms with Crippen LogP contribution in [0.3, 0.4) is 0 Å². The summed E-state index contributed by atoms with van der Waals surface area (Å²) in [4.78, 5) is 43.7. The van der Waals surface area contributed by atoms with E-state index in [1.807, 2.05) is 32.0 Å². The lowest BCUT2D eigenvalue weighted by Gasteiger charge is -2.36. The van der Waals surface area contributed by atoms with Crippen molar-refractivity contribution in [2.75, 3.05) is 44.0 Å². The van der Waals surface area contributed by atoms with Gasteiger partial charge in [0.2, 0.25) is 0 Å². The molecule has 0 radical (unpaired) electrons. The minimum Gasteiger partial charge on any atom is -0.490 e. The molecule has 3 N–H and O–H groups in total. The highest BCUT2D eigenvalue weighted by atomic mass is 16.5. The number of anilines is 2. The van der Waals surface area contributed by atoms with E-state index in [1.54, 1.807) is 68.0 Å². The number of urea groups is 1. The van der Waals surface area contributed by atoms with Crippen LogP contribution < -0.4 is 15.4 Å². The summed E-state index contributed by atoms with van der Waals surface area (Å²) in [6.07, 6.45) is 1.82. The number of nitrogens with zero attached hydrogens (tertiary/aromatic N) is 3. The second-order valence-corrected chi connectivity index (χ2v) is 12.3. The van der Waals surface area contributed by atoms with E-state index < -0.39 is 12.1 Å². The molecule has 1 aliphatic heterocycles. The van der Waals surface area contributed by atoms with Crippen LogP contribution in [0.15, 0.2) is 53.1 Å². The highest BCUT2D eigenvalue weighted by Gasteiger charge is 2.31. The molecule has 254 valence electrons. The SMILES string of the molecule is Cc1noc(C)c1NC(=O)Nc1ccc2c(c1)C(=O)N([C@H](C)CO)C[C@H](C)[C@H](CN(C)C(=O)c1ccccc1)OCCCC[C@@H](C)O2. The number of carbonyl (C=O) groups is 3. The molecule has 47 heavy (non-hydrogen) atoms. The van der Waals surface area contributed by atoms with Gasteiger partial charge in [-0.2, -0.15) is 0 Å². The van der Waals surface area contributed by atoms with Crippen molar-refractivity contribution in [3.05, 3.63) is 71.1 Å². The Bertz CT molecular complexity index is 1490. The molecular weight excluding hydrogens is 602 g/mol. The fourth-order valence-corrected chi connectivity index (χ4v) is 5.55. The van der Waals surface area contributed by atoms with Crippen molar-refractivity contribution < 1.29 is 33.5 Å². The van der Waals surface area contributed by atoms with Crippen molar-refractivity contribution in [3.8, 4) is 5.75 Å². The second kappa shape index (κ2) is 16.4. The third-order valence-electron chi connectivity index (χ3n) is 8.40. The Morgan fingerprint density at radius 3 is 2.53 bits per heavy atom. The fraction of sp³-hybridized carbons (Fsp3) is 0.486. The van der Waals surface area contributed by atoms with E-state index in [2.05, 4.69) is 15.8 Å². The molecule has 0 saturated heterocycles. The summed E-state index contributed by atoms with van der Waals surface area (Å²) in [6, 6.07) is 13.0. The van der Waals surface area contributed by atoms with Crippen LogP contribution in [0.2, 0.25) is 0 Å². The van der Waals surface area contributed by atoms with Gasteiger partial charge in [0.1, 0.15) is 17.1 Å². The Balaban J connectivity index is 1.61. The number of ether oxygens (including phenoxy) is 2. The largest absolute Gasteiger partial charge is 0.490 e. The van der Waals surface area contributed by atoms with E-state index in [1.165, 1.54) is 0 Å². The maximum Gasteiger partial charge on any atom is 0.323 e. The van der Waals surface area contributed by atoms with Crippen molar-refractivity contribution in [1.82, 2.24) is 15.0 Å². The van der Waals surface area contributed by atoms with Crippen LogP contribution in [0.5, 0.6) is 5.75 Å². The molecular formula is C35H47N5O7. The van der Waals surface area contributed by atoms with E-state index in [0.717, 1.165) is 19.3 Å². The van der Waals surface area contributed by atoms with Gasteiger partial charge in [0, 0.05) is 43.9 Å². The van der Waals surface area contributed by atoms with Crippen molar-refractivity contribution >= 4 is 29.2 Å². The van der Waals surface area contributed by atoms with Crippen LogP contribution in [0, 0.1) is 19.8 Å². The Hall–Kier alpha value is -4.42. The van der Waals surface area contributed by atoms with Gasteiger partial charge in [-0.05, 0) is 77.3 Å². The maximum absolute atomic E-state index is 14.3. The van der Waals surface area contributed by atoms with E-state index in [9.17, 15) is 19.5 Å². The van der Waals surface area contributed by atoms with Crippen LogP contribution in [-0.4, -0.2) is 89.5 Å². The Morgan fingerprint density at radius 1 is 1.11 bits per heavy atom. The quantitative estimate of drug-likeness (QED) is 0.304. The Labute approximate surface area is 276 Å². The number of amides is 4.